The van der Waals surface area contributed by atoms with Gasteiger partial charge in [0.1, 0.15) is 0 Å². The van der Waals surface area contributed by atoms with Crippen molar-refractivity contribution in [1.29, 1.82) is 5.26 Å². The van der Waals surface area contributed by atoms with Crippen LogP contribution < -0.4 is 5.32 Å². The van der Waals surface area contributed by atoms with Gasteiger partial charge in [0.25, 0.3) is 0 Å². The summed E-state index contributed by atoms with van der Waals surface area (Å²) < 4.78 is 0. The van der Waals surface area contributed by atoms with Crippen molar-refractivity contribution >= 4 is 5.78 Å². The summed E-state index contributed by atoms with van der Waals surface area (Å²) in [7, 11) is 0. The van der Waals surface area contributed by atoms with E-state index in [9.17, 15) is 10.1 Å². The maximum atomic E-state index is 13.2. The molecule has 0 spiro atoms. The van der Waals surface area contributed by atoms with Crippen molar-refractivity contribution in [2.24, 2.45) is 0 Å². The molecule has 1 fully saturated rings. The van der Waals surface area contributed by atoms with Crippen molar-refractivity contribution in [1.82, 2.24) is 5.32 Å². The number of nitrogens with zero attached hydrogens (tertiary/aromatic N) is 1. The molecule has 3 nitrogen and oxygen atoms in total. The molecule has 0 radical (unpaired) electrons. The zero-order chi connectivity index (χ0) is 17.1. The summed E-state index contributed by atoms with van der Waals surface area (Å²) in [5.41, 5.74) is 5.12. The molecule has 3 rings (SSSR count). The monoisotopic (exact) mass is 318 g/mol. The van der Waals surface area contributed by atoms with E-state index in [0.29, 0.717) is 11.1 Å². The number of carbonyl (C=O) groups excluding carboxylic acids is 1. The van der Waals surface area contributed by atoms with Gasteiger partial charge < -0.3 is 5.32 Å². The lowest BCUT2D eigenvalue weighted by molar-refractivity contribution is 0.103. The molecular formula is C21H22N2O. The van der Waals surface area contributed by atoms with Gasteiger partial charge in [0.05, 0.1) is 11.6 Å². The Hall–Kier alpha value is -2.44. The van der Waals surface area contributed by atoms with Gasteiger partial charge in [-0.2, -0.15) is 5.26 Å². The minimum absolute atomic E-state index is 0.0260. The number of piperidine rings is 1. The first-order chi connectivity index (χ1) is 11.6. The maximum absolute atomic E-state index is 13.2. The van der Waals surface area contributed by atoms with E-state index >= 15 is 0 Å². The molecule has 122 valence electrons. The number of rotatable bonds is 3. The van der Waals surface area contributed by atoms with Gasteiger partial charge in [0.15, 0.2) is 5.78 Å². The molecular weight excluding hydrogens is 296 g/mol. The van der Waals surface area contributed by atoms with E-state index in [4.69, 9.17) is 0 Å². The van der Waals surface area contributed by atoms with E-state index < -0.39 is 0 Å². The van der Waals surface area contributed by atoms with Gasteiger partial charge in [-0.25, -0.2) is 0 Å². The van der Waals surface area contributed by atoms with Crippen molar-refractivity contribution < 1.29 is 4.79 Å². The molecule has 2 aromatic rings. The van der Waals surface area contributed by atoms with Crippen LogP contribution in [0.3, 0.4) is 0 Å². The summed E-state index contributed by atoms with van der Waals surface area (Å²) in [5.74, 6) is 0.296. The van der Waals surface area contributed by atoms with Crippen molar-refractivity contribution in [2.45, 2.75) is 32.6 Å². The fraction of sp³-hybridized carbons (Fsp3) is 0.333. The van der Waals surface area contributed by atoms with Crippen LogP contribution in [-0.2, 0) is 0 Å². The SMILES string of the molecule is Cc1ccc(C(=O)c2cccc(C#N)c2C2CCNCC2)c(C)c1. The minimum Gasteiger partial charge on any atom is -0.317 e. The molecule has 2 aromatic carbocycles. The van der Waals surface area contributed by atoms with Gasteiger partial charge in [-0.05, 0) is 62.9 Å². The van der Waals surface area contributed by atoms with Gasteiger partial charge in [-0.3, -0.25) is 4.79 Å². The Balaban J connectivity index is 2.10. The lowest BCUT2D eigenvalue weighted by Crippen LogP contribution is -2.28. The second kappa shape index (κ2) is 6.98. The third kappa shape index (κ3) is 3.11. The number of ketones is 1. The van der Waals surface area contributed by atoms with Crippen LogP contribution in [0.25, 0.3) is 0 Å². The highest BCUT2D eigenvalue weighted by Gasteiger charge is 2.25. The molecule has 1 aliphatic rings. The Morgan fingerprint density at radius 1 is 1.12 bits per heavy atom. The van der Waals surface area contributed by atoms with Crippen molar-refractivity contribution in [2.75, 3.05) is 13.1 Å². The molecule has 1 saturated heterocycles. The molecule has 0 amide bonds. The Kier molecular flexibility index (Phi) is 4.78. The Morgan fingerprint density at radius 2 is 1.88 bits per heavy atom. The van der Waals surface area contributed by atoms with E-state index in [1.165, 1.54) is 0 Å². The molecule has 1 aliphatic heterocycles. The normalized spacial score (nSPS) is 15.0. The molecule has 0 atom stereocenters. The highest BCUT2D eigenvalue weighted by Crippen LogP contribution is 2.32. The summed E-state index contributed by atoms with van der Waals surface area (Å²) in [5, 5.41) is 12.9. The van der Waals surface area contributed by atoms with E-state index in [-0.39, 0.29) is 11.7 Å². The number of aryl methyl sites for hydroxylation is 2. The lowest BCUT2D eigenvalue weighted by Gasteiger charge is -2.26. The zero-order valence-corrected chi connectivity index (χ0v) is 14.2. The molecule has 24 heavy (non-hydrogen) atoms. The fourth-order valence-corrected chi connectivity index (χ4v) is 3.62. The highest BCUT2D eigenvalue weighted by molar-refractivity contribution is 6.11. The largest absolute Gasteiger partial charge is 0.317 e. The zero-order valence-electron chi connectivity index (χ0n) is 14.2. The summed E-state index contributed by atoms with van der Waals surface area (Å²) in [6.07, 6.45) is 1.93. The number of nitrogens with one attached hydrogen (secondary N) is 1. The fourth-order valence-electron chi connectivity index (χ4n) is 3.62. The van der Waals surface area contributed by atoms with Gasteiger partial charge in [0.2, 0.25) is 0 Å². The van der Waals surface area contributed by atoms with Gasteiger partial charge in [0, 0.05) is 11.1 Å². The van der Waals surface area contributed by atoms with E-state index in [1.54, 1.807) is 0 Å². The molecule has 1 heterocycles. The summed E-state index contributed by atoms with van der Waals surface area (Å²) in [6, 6.07) is 13.7. The Morgan fingerprint density at radius 3 is 2.54 bits per heavy atom. The third-order valence-corrected chi connectivity index (χ3v) is 4.85. The van der Waals surface area contributed by atoms with E-state index in [1.807, 2.05) is 50.2 Å². The quantitative estimate of drug-likeness (QED) is 0.874. The van der Waals surface area contributed by atoms with E-state index in [0.717, 1.165) is 48.2 Å². The molecule has 0 saturated carbocycles. The molecule has 0 bridgehead atoms. The topological polar surface area (TPSA) is 52.9 Å². The second-order valence-electron chi connectivity index (χ2n) is 6.55. The first-order valence-electron chi connectivity index (χ1n) is 8.47. The standard InChI is InChI=1S/C21H22N2O/c1-14-6-7-18(15(2)12-14)21(24)19-5-3-4-17(13-22)20(19)16-8-10-23-11-9-16/h3-7,12,16,23H,8-11H2,1-2H3. The van der Waals surface area contributed by atoms with Gasteiger partial charge in [-0.15, -0.1) is 0 Å². The lowest BCUT2D eigenvalue weighted by atomic mass is 9.82. The van der Waals surface area contributed by atoms with Crippen LogP contribution >= 0.6 is 0 Å². The molecule has 0 unspecified atom stereocenters. The van der Waals surface area contributed by atoms with E-state index in [2.05, 4.69) is 11.4 Å². The molecule has 1 N–H and O–H groups in total. The van der Waals surface area contributed by atoms with Crippen LogP contribution in [0, 0.1) is 25.2 Å². The summed E-state index contributed by atoms with van der Waals surface area (Å²) in [6.45, 7) is 5.86. The molecule has 3 heteroatoms. The molecule has 0 aliphatic carbocycles. The first-order valence-corrected chi connectivity index (χ1v) is 8.47. The second-order valence-corrected chi connectivity index (χ2v) is 6.55. The third-order valence-electron chi connectivity index (χ3n) is 4.85. The van der Waals surface area contributed by atoms with Crippen LogP contribution in [0.15, 0.2) is 36.4 Å². The number of carbonyl (C=O) groups is 1. The van der Waals surface area contributed by atoms with Crippen molar-refractivity contribution in [3.05, 3.63) is 69.8 Å². The van der Waals surface area contributed by atoms with Crippen LogP contribution in [-0.4, -0.2) is 18.9 Å². The predicted octanol–water partition coefficient (Wildman–Crippen LogP) is 3.87. The van der Waals surface area contributed by atoms with Crippen LogP contribution in [0.4, 0.5) is 0 Å². The van der Waals surface area contributed by atoms with Crippen LogP contribution in [0.1, 0.15) is 56.9 Å². The smallest absolute Gasteiger partial charge is 0.193 e. The summed E-state index contributed by atoms with van der Waals surface area (Å²) in [4.78, 5) is 13.2. The number of benzene rings is 2. The average Bonchev–Trinajstić information content (AvgIpc) is 2.61. The van der Waals surface area contributed by atoms with Crippen molar-refractivity contribution in [3.63, 3.8) is 0 Å². The number of nitriles is 1. The Bertz CT molecular complexity index is 811. The van der Waals surface area contributed by atoms with Crippen molar-refractivity contribution in [3.8, 4) is 6.07 Å². The highest BCUT2D eigenvalue weighted by atomic mass is 16.1. The average molecular weight is 318 g/mol. The van der Waals surface area contributed by atoms with Crippen LogP contribution in [0.2, 0.25) is 0 Å². The minimum atomic E-state index is 0.0260. The summed E-state index contributed by atoms with van der Waals surface area (Å²) >= 11 is 0. The Labute approximate surface area is 143 Å². The predicted molar refractivity (Wildman–Crippen MR) is 95.4 cm³/mol. The van der Waals surface area contributed by atoms with Gasteiger partial charge in [-0.1, -0.05) is 35.9 Å². The van der Waals surface area contributed by atoms with Gasteiger partial charge >= 0.3 is 0 Å². The maximum Gasteiger partial charge on any atom is 0.193 e. The molecule has 0 aromatic heterocycles. The van der Waals surface area contributed by atoms with Crippen LogP contribution in [0.5, 0.6) is 0 Å². The number of hydrogen-bond donors (Lipinski definition) is 1. The first kappa shape index (κ1) is 16.4. The number of hydrogen-bond acceptors (Lipinski definition) is 3.